The maximum atomic E-state index is 12.8. The summed E-state index contributed by atoms with van der Waals surface area (Å²) >= 11 is 5.93. The van der Waals surface area contributed by atoms with Gasteiger partial charge in [-0.05, 0) is 55.8 Å². The van der Waals surface area contributed by atoms with E-state index >= 15 is 0 Å². The molecule has 0 aromatic heterocycles. The van der Waals surface area contributed by atoms with Gasteiger partial charge >= 0.3 is 12.1 Å². The van der Waals surface area contributed by atoms with E-state index in [1.54, 1.807) is 19.1 Å². The Bertz CT molecular complexity index is 1040. The molecule has 0 fully saturated rings. The summed E-state index contributed by atoms with van der Waals surface area (Å²) in [5, 5.41) is -0.191. The van der Waals surface area contributed by atoms with Gasteiger partial charge in [-0.3, -0.25) is 4.79 Å². The number of esters is 1. The highest BCUT2D eigenvalue weighted by molar-refractivity contribution is 6.32. The average molecular weight is 469 g/mol. The molecule has 0 saturated carbocycles. The van der Waals surface area contributed by atoms with E-state index in [0.29, 0.717) is 17.7 Å². The normalized spacial score (nSPS) is 16.6. The van der Waals surface area contributed by atoms with Crippen molar-refractivity contribution >= 4 is 29.1 Å². The summed E-state index contributed by atoms with van der Waals surface area (Å²) in [6, 6.07) is 9.01. The largest absolute Gasteiger partial charge is 0.488 e. The highest BCUT2D eigenvalue weighted by atomic mass is 35.5. The molecule has 32 heavy (non-hydrogen) atoms. The number of hydrogen-bond acceptors (Lipinski definition) is 5. The third kappa shape index (κ3) is 5.24. The molecule has 0 spiro atoms. The molecule has 0 saturated heterocycles. The standard InChI is InChI=1S/C23H20ClF3O5/c1-3-15-12-18(28)20(22(29)30-4-2)21(32-15)13-5-8-16(9-6-13)31-19-10-7-14(11-17(19)24)23(25,26)27/h5-11,15H,3-4,12H2,1-2H3. The van der Waals surface area contributed by atoms with E-state index in [2.05, 4.69) is 0 Å². The lowest BCUT2D eigenvalue weighted by Gasteiger charge is -2.26. The smallest absolute Gasteiger partial charge is 0.416 e. The van der Waals surface area contributed by atoms with Crippen molar-refractivity contribution in [3.63, 3.8) is 0 Å². The number of carbonyl (C=O) groups excluding carboxylic acids is 2. The van der Waals surface area contributed by atoms with Gasteiger partial charge in [0.15, 0.2) is 5.78 Å². The third-order valence-corrected chi connectivity index (χ3v) is 5.04. The molecular formula is C23H20ClF3O5. The van der Waals surface area contributed by atoms with Gasteiger partial charge in [-0.25, -0.2) is 4.79 Å². The van der Waals surface area contributed by atoms with E-state index < -0.39 is 17.7 Å². The van der Waals surface area contributed by atoms with E-state index in [0.717, 1.165) is 18.2 Å². The Morgan fingerprint density at radius 1 is 1.16 bits per heavy atom. The van der Waals surface area contributed by atoms with Crippen LogP contribution in [0, 0.1) is 0 Å². The molecule has 5 nitrogen and oxygen atoms in total. The van der Waals surface area contributed by atoms with Gasteiger partial charge in [-0.1, -0.05) is 18.5 Å². The quantitative estimate of drug-likeness (QED) is 0.373. The Morgan fingerprint density at radius 2 is 1.84 bits per heavy atom. The van der Waals surface area contributed by atoms with E-state index in [1.165, 1.54) is 12.1 Å². The highest BCUT2D eigenvalue weighted by Crippen LogP contribution is 2.37. The minimum absolute atomic E-state index is 0.0500. The topological polar surface area (TPSA) is 61.8 Å². The van der Waals surface area contributed by atoms with Crippen LogP contribution in [-0.4, -0.2) is 24.5 Å². The lowest BCUT2D eigenvalue weighted by atomic mass is 9.96. The lowest BCUT2D eigenvalue weighted by molar-refractivity contribution is -0.141. The number of benzene rings is 2. The molecule has 1 aliphatic heterocycles. The molecule has 170 valence electrons. The predicted octanol–water partition coefficient (Wildman–Crippen LogP) is 6.19. The van der Waals surface area contributed by atoms with Crippen molar-refractivity contribution < 1.29 is 37.0 Å². The predicted molar refractivity (Wildman–Crippen MR) is 111 cm³/mol. The van der Waals surface area contributed by atoms with Crippen LogP contribution in [-0.2, 0) is 25.2 Å². The molecule has 0 bridgehead atoms. The summed E-state index contributed by atoms with van der Waals surface area (Å²) in [5.74, 6) is -0.630. The summed E-state index contributed by atoms with van der Waals surface area (Å²) in [4.78, 5) is 24.9. The molecule has 1 heterocycles. The molecule has 9 heteroatoms. The van der Waals surface area contributed by atoms with Gasteiger partial charge in [0.05, 0.1) is 17.2 Å². The van der Waals surface area contributed by atoms with Gasteiger partial charge in [-0.2, -0.15) is 13.2 Å². The highest BCUT2D eigenvalue weighted by Gasteiger charge is 2.34. The van der Waals surface area contributed by atoms with Crippen molar-refractivity contribution in [2.45, 2.75) is 39.0 Å². The number of carbonyl (C=O) groups is 2. The van der Waals surface area contributed by atoms with Crippen LogP contribution in [0.25, 0.3) is 5.76 Å². The second-order valence-corrected chi connectivity index (χ2v) is 7.38. The first-order valence-electron chi connectivity index (χ1n) is 9.90. The van der Waals surface area contributed by atoms with Crippen LogP contribution in [0.2, 0.25) is 5.02 Å². The fraction of sp³-hybridized carbons (Fsp3) is 0.304. The molecule has 2 aromatic carbocycles. The Balaban J connectivity index is 1.88. The minimum atomic E-state index is -4.51. The van der Waals surface area contributed by atoms with Crippen LogP contribution in [0.3, 0.4) is 0 Å². The van der Waals surface area contributed by atoms with Gasteiger partial charge in [0.25, 0.3) is 0 Å². The van der Waals surface area contributed by atoms with Gasteiger partial charge in [0, 0.05) is 12.0 Å². The maximum absolute atomic E-state index is 12.8. The molecule has 0 aliphatic carbocycles. The van der Waals surface area contributed by atoms with Crippen LogP contribution in [0.4, 0.5) is 13.2 Å². The zero-order valence-corrected chi connectivity index (χ0v) is 18.0. The number of Topliss-reactive ketones (excluding diaryl/α,β-unsaturated/α-hetero) is 1. The zero-order chi connectivity index (χ0) is 23.5. The lowest BCUT2D eigenvalue weighted by Crippen LogP contribution is -2.29. The molecule has 1 unspecified atom stereocenters. The van der Waals surface area contributed by atoms with E-state index in [-0.39, 0.29) is 47.0 Å². The summed E-state index contributed by atoms with van der Waals surface area (Å²) < 4.78 is 54.8. The second kappa shape index (κ2) is 9.65. The third-order valence-electron chi connectivity index (χ3n) is 4.74. The number of halogens is 4. The van der Waals surface area contributed by atoms with Crippen LogP contribution < -0.4 is 4.74 Å². The van der Waals surface area contributed by atoms with Crippen molar-refractivity contribution in [3.8, 4) is 11.5 Å². The maximum Gasteiger partial charge on any atom is 0.416 e. The van der Waals surface area contributed by atoms with Crippen LogP contribution >= 0.6 is 11.6 Å². The average Bonchev–Trinajstić information content (AvgIpc) is 2.74. The van der Waals surface area contributed by atoms with Crippen molar-refractivity contribution in [3.05, 3.63) is 64.2 Å². The molecular weight excluding hydrogens is 449 g/mol. The van der Waals surface area contributed by atoms with Crippen molar-refractivity contribution in [1.29, 1.82) is 0 Å². The molecule has 0 radical (unpaired) electrons. The number of rotatable bonds is 6. The van der Waals surface area contributed by atoms with Gasteiger partial charge in [-0.15, -0.1) is 0 Å². The fourth-order valence-electron chi connectivity index (χ4n) is 3.11. The Kier molecular flexibility index (Phi) is 7.13. The monoisotopic (exact) mass is 468 g/mol. The molecule has 0 N–H and O–H groups in total. The summed E-state index contributed by atoms with van der Waals surface area (Å²) in [6.07, 6.45) is -4.21. The van der Waals surface area contributed by atoms with Gasteiger partial charge in [0.1, 0.15) is 28.9 Å². The number of hydrogen-bond donors (Lipinski definition) is 0. The molecule has 3 rings (SSSR count). The van der Waals surface area contributed by atoms with E-state index in [4.69, 9.17) is 25.8 Å². The first kappa shape index (κ1) is 23.7. The minimum Gasteiger partial charge on any atom is -0.488 e. The SMILES string of the molecule is CCOC(=O)C1=C(c2ccc(Oc3ccc(C(F)(F)F)cc3Cl)cc2)OC(CC)CC1=O. The number of ether oxygens (including phenoxy) is 3. The van der Waals surface area contributed by atoms with Crippen molar-refractivity contribution in [1.82, 2.24) is 0 Å². The summed E-state index contributed by atoms with van der Waals surface area (Å²) in [7, 11) is 0. The van der Waals surface area contributed by atoms with E-state index in [9.17, 15) is 22.8 Å². The summed E-state index contributed by atoms with van der Waals surface area (Å²) in [5.41, 5.74) is -0.561. The molecule has 1 aliphatic rings. The number of ketones is 1. The van der Waals surface area contributed by atoms with Crippen LogP contribution in [0.5, 0.6) is 11.5 Å². The van der Waals surface area contributed by atoms with E-state index in [1.807, 2.05) is 6.92 Å². The van der Waals surface area contributed by atoms with Crippen LogP contribution in [0.15, 0.2) is 48.0 Å². The summed E-state index contributed by atoms with van der Waals surface area (Å²) in [6.45, 7) is 3.62. The van der Waals surface area contributed by atoms with Crippen molar-refractivity contribution in [2.24, 2.45) is 0 Å². The van der Waals surface area contributed by atoms with Crippen molar-refractivity contribution in [2.75, 3.05) is 6.61 Å². The Labute approximate surface area is 187 Å². The zero-order valence-electron chi connectivity index (χ0n) is 17.3. The molecule has 2 aromatic rings. The van der Waals surface area contributed by atoms with Gasteiger partial charge in [0.2, 0.25) is 0 Å². The van der Waals surface area contributed by atoms with Gasteiger partial charge < -0.3 is 14.2 Å². The molecule has 0 amide bonds. The number of alkyl halides is 3. The Morgan fingerprint density at radius 3 is 2.41 bits per heavy atom. The molecule has 1 atom stereocenters. The first-order valence-corrected chi connectivity index (χ1v) is 10.3. The fourth-order valence-corrected chi connectivity index (χ4v) is 3.33. The van der Waals surface area contributed by atoms with Crippen LogP contribution in [0.1, 0.15) is 37.8 Å². The second-order valence-electron chi connectivity index (χ2n) is 6.97. The first-order chi connectivity index (χ1) is 15.1. The Hall–Kier alpha value is -3.00.